The van der Waals surface area contributed by atoms with Crippen molar-refractivity contribution in [1.29, 1.82) is 0 Å². The summed E-state index contributed by atoms with van der Waals surface area (Å²) in [6, 6.07) is 15.9. The second-order valence-corrected chi connectivity index (χ2v) is 15.1. The lowest BCUT2D eigenvalue weighted by Gasteiger charge is -2.28. The van der Waals surface area contributed by atoms with Crippen LogP contribution in [0.2, 0.25) is 20.1 Å². The number of rotatable bonds is 16. The third-order valence-corrected chi connectivity index (χ3v) is 9.30. The minimum absolute atomic E-state index is 0.104. The SMILES string of the molecule is CCC(C)(C)COCc1ccc(COCC(C)(C)CCOc2c(Cl)cc(C(C)(C)c3cc(Cl)c(OC)c(Cl)c3)cc2Cl)cc1. The van der Waals surface area contributed by atoms with E-state index in [2.05, 4.69) is 72.7 Å². The van der Waals surface area contributed by atoms with E-state index in [-0.39, 0.29) is 10.8 Å². The molecule has 44 heavy (non-hydrogen) atoms. The number of ether oxygens (including phenoxy) is 4. The van der Waals surface area contributed by atoms with Gasteiger partial charge in [-0.1, -0.05) is 119 Å². The van der Waals surface area contributed by atoms with Gasteiger partial charge < -0.3 is 18.9 Å². The molecule has 0 saturated carbocycles. The Morgan fingerprint density at radius 2 is 1.02 bits per heavy atom. The normalized spacial score (nSPS) is 12.5. The van der Waals surface area contributed by atoms with Crippen molar-refractivity contribution < 1.29 is 18.9 Å². The maximum Gasteiger partial charge on any atom is 0.156 e. The standard InChI is InChI=1S/C36H46Cl4O4/c1-9-34(2,3)22-42-20-24-10-12-25(13-11-24)21-43-23-35(4,5)14-15-44-33-30(39)18-27(19-31(33)40)36(6,7)26-16-28(37)32(41-8)29(38)17-26/h10-13,16-19H,9,14-15,20-23H2,1-8H3. The van der Waals surface area contributed by atoms with E-state index < -0.39 is 5.41 Å². The lowest BCUT2D eigenvalue weighted by atomic mass is 9.78. The Bertz CT molecular complexity index is 1340. The van der Waals surface area contributed by atoms with Crippen molar-refractivity contribution in [1.82, 2.24) is 0 Å². The zero-order valence-corrected chi connectivity index (χ0v) is 30.2. The minimum Gasteiger partial charge on any atom is -0.494 e. The maximum atomic E-state index is 6.69. The maximum absolute atomic E-state index is 6.69. The fraction of sp³-hybridized carbons (Fsp3) is 0.500. The predicted molar refractivity (Wildman–Crippen MR) is 185 cm³/mol. The largest absolute Gasteiger partial charge is 0.494 e. The second kappa shape index (κ2) is 15.8. The van der Waals surface area contributed by atoms with Gasteiger partial charge in [-0.25, -0.2) is 0 Å². The summed E-state index contributed by atoms with van der Waals surface area (Å²) in [5.74, 6) is 0.917. The highest BCUT2D eigenvalue weighted by molar-refractivity contribution is 6.38. The minimum atomic E-state index is -0.482. The molecule has 0 amide bonds. The van der Waals surface area contributed by atoms with Crippen LogP contribution in [0.3, 0.4) is 0 Å². The molecular weight excluding hydrogens is 638 g/mol. The van der Waals surface area contributed by atoms with E-state index in [4.69, 9.17) is 65.4 Å². The molecule has 0 bridgehead atoms. The average Bonchev–Trinajstić information content (AvgIpc) is 2.95. The van der Waals surface area contributed by atoms with Crippen molar-refractivity contribution in [2.45, 2.75) is 79.9 Å². The quantitative estimate of drug-likeness (QED) is 0.151. The predicted octanol–water partition coefficient (Wildman–Crippen LogP) is 11.6. The van der Waals surface area contributed by atoms with Gasteiger partial charge in [0, 0.05) is 5.41 Å². The molecule has 0 fully saturated rings. The second-order valence-electron chi connectivity index (χ2n) is 13.4. The van der Waals surface area contributed by atoms with Gasteiger partial charge in [-0.15, -0.1) is 0 Å². The summed E-state index contributed by atoms with van der Waals surface area (Å²) >= 11 is 26.2. The molecule has 0 aliphatic carbocycles. The molecule has 3 rings (SSSR count). The number of hydrogen-bond acceptors (Lipinski definition) is 4. The van der Waals surface area contributed by atoms with Gasteiger partial charge >= 0.3 is 0 Å². The topological polar surface area (TPSA) is 36.9 Å². The lowest BCUT2D eigenvalue weighted by Crippen LogP contribution is -2.22. The van der Waals surface area contributed by atoms with Crippen LogP contribution in [-0.4, -0.2) is 26.9 Å². The van der Waals surface area contributed by atoms with Crippen molar-refractivity contribution in [3.8, 4) is 11.5 Å². The van der Waals surface area contributed by atoms with Gasteiger partial charge in [-0.05, 0) is 70.2 Å². The molecule has 0 unspecified atom stereocenters. The first-order chi connectivity index (χ1) is 20.6. The van der Waals surface area contributed by atoms with Crippen LogP contribution in [0.25, 0.3) is 0 Å². The van der Waals surface area contributed by atoms with Gasteiger partial charge in [0.2, 0.25) is 0 Å². The number of halogens is 4. The van der Waals surface area contributed by atoms with E-state index in [9.17, 15) is 0 Å². The first-order valence-corrected chi connectivity index (χ1v) is 16.5. The smallest absolute Gasteiger partial charge is 0.156 e. The Balaban J connectivity index is 1.52. The summed E-state index contributed by atoms with van der Waals surface area (Å²) in [4.78, 5) is 0. The van der Waals surface area contributed by atoms with E-state index in [0.717, 1.165) is 36.1 Å². The van der Waals surface area contributed by atoms with Crippen molar-refractivity contribution in [3.05, 3.63) is 90.9 Å². The molecule has 3 aromatic carbocycles. The van der Waals surface area contributed by atoms with E-state index in [1.165, 1.54) is 12.7 Å². The molecule has 0 N–H and O–H groups in total. The third kappa shape index (κ3) is 10.2. The molecule has 0 aliphatic heterocycles. The fourth-order valence-corrected chi connectivity index (χ4v) is 5.80. The summed E-state index contributed by atoms with van der Waals surface area (Å²) in [6.07, 6.45) is 1.86. The Labute approximate surface area is 284 Å². The van der Waals surface area contributed by atoms with Gasteiger partial charge in [0.15, 0.2) is 11.5 Å². The van der Waals surface area contributed by atoms with Gasteiger partial charge in [0.25, 0.3) is 0 Å². The summed E-state index contributed by atoms with van der Waals surface area (Å²) in [5.41, 5.74) is 3.74. The highest BCUT2D eigenvalue weighted by atomic mass is 35.5. The average molecular weight is 685 g/mol. The first-order valence-electron chi connectivity index (χ1n) is 15.0. The fourth-order valence-electron chi connectivity index (χ4n) is 4.57. The Kier molecular flexibility index (Phi) is 13.2. The van der Waals surface area contributed by atoms with Crippen LogP contribution in [0.4, 0.5) is 0 Å². The van der Waals surface area contributed by atoms with Crippen molar-refractivity contribution >= 4 is 46.4 Å². The Hall–Kier alpha value is -1.66. The van der Waals surface area contributed by atoms with Crippen LogP contribution in [-0.2, 0) is 28.1 Å². The monoisotopic (exact) mass is 682 g/mol. The zero-order chi connectivity index (χ0) is 32.7. The van der Waals surface area contributed by atoms with E-state index in [1.54, 1.807) is 0 Å². The van der Waals surface area contributed by atoms with E-state index in [0.29, 0.717) is 58.0 Å². The summed E-state index contributed by atoms with van der Waals surface area (Å²) in [7, 11) is 1.54. The molecule has 0 radical (unpaired) electrons. The molecule has 0 spiro atoms. The first kappa shape index (κ1) is 36.8. The summed E-state index contributed by atoms with van der Waals surface area (Å²) in [5, 5.41) is 1.78. The molecule has 0 atom stereocenters. The Morgan fingerprint density at radius 1 is 0.614 bits per heavy atom. The van der Waals surface area contributed by atoms with Crippen LogP contribution in [0, 0.1) is 10.8 Å². The molecule has 4 nitrogen and oxygen atoms in total. The number of methoxy groups -OCH3 is 1. The lowest BCUT2D eigenvalue weighted by molar-refractivity contribution is 0.0400. The molecular formula is C36H46Cl4O4. The molecule has 0 saturated heterocycles. The molecule has 0 aliphatic rings. The van der Waals surface area contributed by atoms with Crippen LogP contribution < -0.4 is 9.47 Å². The van der Waals surface area contributed by atoms with Crippen LogP contribution >= 0.6 is 46.4 Å². The van der Waals surface area contributed by atoms with Gasteiger partial charge in [0.05, 0.1) is 60.2 Å². The van der Waals surface area contributed by atoms with Gasteiger partial charge in [-0.3, -0.25) is 0 Å². The molecule has 3 aromatic rings. The summed E-state index contributed by atoms with van der Waals surface area (Å²) in [6.45, 7) is 18.1. The number of benzene rings is 3. The Morgan fingerprint density at radius 3 is 1.43 bits per heavy atom. The van der Waals surface area contributed by atoms with Gasteiger partial charge in [0.1, 0.15) is 0 Å². The molecule has 242 valence electrons. The molecule has 0 heterocycles. The summed E-state index contributed by atoms with van der Waals surface area (Å²) < 4.78 is 23.4. The van der Waals surface area contributed by atoms with Crippen molar-refractivity contribution in [3.63, 3.8) is 0 Å². The van der Waals surface area contributed by atoms with Crippen LogP contribution in [0.1, 0.15) is 83.6 Å². The zero-order valence-electron chi connectivity index (χ0n) is 27.2. The number of hydrogen-bond donors (Lipinski definition) is 0. The van der Waals surface area contributed by atoms with Gasteiger partial charge in [-0.2, -0.15) is 0 Å². The third-order valence-electron chi connectivity index (χ3n) is 8.17. The molecule has 8 heteroatoms. The highest BCUT2D eigenvalue weighted by Gasteiger charge is 2.28. The van der Waals surface area contributed by atoms with Crippen molar-refractivity contribution in [2.24, 2.45) is 10.8 Å². The van der Waals surface area contributed by atoms with E-state index >= 15 is 0 Å². The van der Waals surface area contributed by atoms with Crippen molar-refractivity contribution in [2.75, 3.05) is 26.9 Å². The highest BCUT2D eigenvalue weighted by Crippen LogP contribution is 2.44. The molecule has 0 aromatic heterocycles. The van der Waals surface area contributed by atoms with Crippen LogP contribution in [0.15, 0.2) is 48.5 Å². The van der Waals surface area contributed by atoms with Crippen LogP contribution in [0.5, 0.6) is 11.5 Å². The van der Waals surface area contributed by atoms with E-state index in [1.807, 2.05) is 24.3 Å².